The van der Waals surface area contributed by atoms with Gasteiger partial charge in [-0.1, -0.05) is 16.8 Å². The van der Waals surface area contributed by atoms with Crippen LogP contribution in [-0.2, 0) is 4.74 Å². The summed E-state index contributed by atoms with van der Waals surface area (Å²) in [5.41, 5.74) is 0.667. The van der Waals surface area contributed by atoms with Crippen LogP contribution in [0.4, 0.5) is 10.2 Å². The number of benzene rings is 1. The van der Waals surface area contributed by atoms with Crippen LogP contribution in [0.15, 0.2) is 24.4 Å². The Hall–Kier alpha value is -1.70. The van der Waals surface area contributed by atoms with Crippen molar-refractivity contribution in [2.75, 3.05) is 44.7 Å². The molecule has 2 aromatic rings. The molecule has 1 aromatic carbocycles. The Morgan fingerprint density at radius 2 is 2.14 bits per heavy atom. The Balaban J connectivity index is 1.55. The van der Waals surface area contributed by atoms with Crippen molar-refractivity contribution in [3.05, 3.63) is 35.2 Å². The lowest BCUT2D eigenvalue weighted by Crippen LogP contribution is -2.39. The molecule has 0 aliphatic carbocycles. The Morgan fingerprint density at radius 3 is 2.91 bits per heavy atom. The van der Waals surface area contributed by atoms with E-state index in [9.17, 15) is 4.39 Å². The molecule has 0 radical (unpaired) electrons. The number of morpholine rings is 1. The summed E-state index contributed by atoms with van der Waals surface area (Å²) in [6.07, 6.45) is 1.75. The molecule has 22 heavy (non-hydrogen) atoms. The predicted molar refractivity (Wildman–Crippen MR) is 82.1 cm³/mol. The molecule has 0 saturated carbocycles. The molecule has 1 N–H and O–H groups in total. The highest BCUT2D eigenvalue weighted by atomic mass is 35.5. The van der Waals surface area contributed by atoms with E-state index in [0.717, 1.165) is 39.4 Å². The van der Waals surface area contributed by atoms with Gasteiger partial charge in [0.2, 0.25) is 0 Å². The molecule has 1 saturated heterocycles. The zero-order valence-corrected chi connectivity index (χ0v) is 12.8. The first-order valence-electron chi connectivity index (χ1n) is 7.14. The number of aromatic nitrogens is 3. The van der Waals surface area contributed by atoms with Gasteiger partial charge >= 0.3 is 0 Å². The van der Waals surface area contributed by atoms with E-state index in [0.29, 0.717) is 11.5 Å². The second kappa shape index (κ2) is 7.04. The molecule has 0 atom stereocenters. The third-order valence-electron chi connectivity index (χ3n) is 3.50. The summed E-state index contributed by atoms with van der Waals surface area (Å²) in [4.78, 5) is 2.33. The highest BCUT2D eigenvalue weighted by Gasteiger charge is 2.10. The van der Waals surface area contributed by atoms with Gasteiger partial charge in [0.05, 0.1) is 30.1 Å². The molecule has 118 valence electrons. The number of hydrogen-bond acceptors (Lipinski definition) is 5. The standard InChI is InChI=1S/C14H17ClFN5O/c15-12-9-11(1-2-13(12)16)21-10-14(18-19-21)17-3-4-20-5-7-22-8-6-20/h1-2,9-10,17H,3-8H2. The maximum Gasteiger partial charge on any atom is 0.169 e. The van der Waals surface area contributed by atoms with Gasteiger partial charge in [0.25, 0.3) is 0 Å². The molecular formula is C14H17ClFN5O. The zero-order chi connectivity index (χ0) is 15.4. The van der Waals surface area contributed by atoms with Crippen LogP contribution in [0.2, 0.25) is 5.02 Å². The first kappa shape index (κ1) is 15.2. The molecule has 1 aliphatic rings. The summed E-state index contributed by atoms with van der Waals surface area (Å²) in [6.45, 7) is 5.22. The quantitative estimate of drug-likeness (QED) is 0.908. The maximum absolute atomic E-state index is 13.2. The monoisotopic (exact) mass is 325 g/mol. The Labute approximate surface area is 132 Å². The smallest absolute Gasteiger partial charge is 0.169 e. The van der Waals surface area contributed by atoms with Gasteiger partial charge in [0.15, 0.2) is 5.82 Å². The average Bonchev–Trinajstić information content (AvgIpc) is 3.00. The minimum atomic E-state index is -0.450. The number of nitrogens with one attached hydrogen (secondary N) is 1. The fourth-order valence-electron chi connectivity index (χ4n) is 2.27. The molecule has 1 aromatic heterocycles. The van der Waals surface area contributed by atoms with Gasteiger partial charge in [-0.2, -0.15) is 0 Å². The SMILES string of the molecule is Fc1ccc(-n2cc(NCCN3CCOCC3)nn2)cc1Cl. The van der Waals surface area contributed by atoms with Crippen LogP contribution in [0.3, 0.4) is 0 Å². The van der Waals surface area contributed by atoms with Gasteiger partial charge in [-0.05, 0) is 18.2 Å². The van der Waals surface area contributed by atoms with Crippen molar-refractivity contribution in [1.82, 2.24) is 19.9 Å². The van der Waals surface area contributed by atoms with E-state index in [1.54, 1.807) is 16.9 Å². The second-order valence-electron chi connectivity index (χ2n) is 5.03. The molecule has 2 heterocycles. The third-order valence-corrected chi connectivity index (χ3v) is 3.79. The summed E-state index contributed by atoms with van der Waals surface area (Å²) in [5, 5.41) is 11.3. The topological polar surface area (TPSA) is 55.2 Å². The zero-order valence-electron chi connectivity index (χ0n) is 12.0. The molecule has 8 heteroatoms. The van der Waals surface area contributed by atoms with Gasteiger partial charge in [-0.25, -0.2) is 9.07 Å². The van der Waals surface area contributed by atoms with Crippen LogP contribution in [-0.4, -0.2) is 59.3 Å². The van der Waals surface area contributed by atoms with Crippen LogP contribution < -0.4 is 5.32 Å². The highest BCUT2D eigenvalue weighted by molar-refractivity contribution is 6.30. The molecule has 3 rings (SSSR count). The van der Waals surface area contributed by atoms with E-state index in [2.05, 4.69) is 20.5 Å². The molecule has 0 amide bonds. The van der Waals surface area contributed by atoms with Crippen LogP contribution in [0.25, 0.3) is 5.69 Å². The van der Waals surface area contributed by atoms with E-state index in [-0.39, 0.29) is 5.02 Å². The predicted octanol–water partition coefficient (Wildman–Crippen LogP) is 1.80. The molecule has 1 fully saturated rings. The number of anilines is 1. The molecule has 1 aliphatic heterocycles. The lowest BCUT2D eigenvalue weighted by atomic mass is 10.3. The van der Waals surface area contributed by atoms with Gasteiger partial charge in [0.1, 0.15) is 5.82 Å². The van der Waals surface area contributed by atoms with Crippen LogP contribution in [0.5, 0.6) is 0 Å². The van der Waals surface area contributed by atoms with Gasteiger partial charge < -0.3 is 10.1 Å². The second-order valence-corrected chi connectivity index (χ2v) is 5.43. The van der Waals surface area contributed by atoms with E-state index >= 15 is 0 Å². The first-order chi connectivity index (χ1) is 10.7. The summed E-state index contributed by atoms with van der Waals surface area (Å²) in [5.74, 6) is 0.225. The van der Waals surface area contributed by atoms with Crippen LogP contribution in [0, 0.1) is 5.82 Å². The minimum Gasteiger partial charge on any atom is -0.379 e. The van der Waals surface area contributed by atoms with Crippen molar-refractivity contribution >= 4 is 17.4 Å². The van der Waals surface area contributed by atoms with Crippen molar-refractivity contribution in [2.45, 2.75) is 0 Å². The summed E-state index contributed by atoms with van der Waals surface area (Å²) < 4.78 is 20.0. The number of hydrogen-bond donors (Lipinski definition) is 1. The van der Waals surface area contributed by atoms with Crippen molar-refractivity contribution in [1.29, 1.82) is 0 Å². The van der Waals surface area contributed by atoms with Crippen molar-refractivity contribution < 1.29 is 9.13 Å². The molecule has 0 bridgehead atoms. The third kappa shape index (κ3) is 3.73. The molecule has 0 spiro atoms. The van der Waals surface area contributed by atoms with E-state index in [1.807, 2.05) is 0 Å². The largest absolute Gasteiger partial charge is 0.379 e. The number of ether oxygens (including phenoxy) is 1. The van der Waals surface area contributed by atoms with Crippen LogP contribution in [0.1, 0.15) is 0 Å². The van der Waals surface area contributed by atoms with E-state index in [1.165, 1.54) is 12.1 Å². The van der Waals surface area contributed by atoms with E-state index in [4.69, 9.17) is 16.3 Å². The van der Waals surface area contributed by atoms with Gasteiger partial charge in [0, 0.05) is 26.2 Å². The summed E-state index contributed by atoms with van der Waals surface area (Å²) in [6, 6.07) is 4.43. The van der Waals surface area contributed by atoms with Crippen molar-refractivity contribution in [2.24, 2.45) is 0 Å². The fraction of sp³-hybridized carbons (Fsp3) is 0.429. The van der Waals surface area contributed by atoms with E-state index < -0.39 is 5.82 Å². The number of nitrogens with zero attached hydrogens (tertiary/aromatic N) is 4. The lowest BCUT2D eigenvalue weighted by Gasteiger charge is -2.26. The first-order valence-corrected chi connectivity index (χ1v) is 7.52. The normalized spacial score (nSPS) is 15.9. The Morgan fingerprint density at radius 1 is 1.32 bits per heavy atom. The Bertz CT molecular complexity index is 629. The van der Waals surface area contributed by atoms with Crippen LogP contribution >= 0.6 is 11.6 Å². The number of halogens is 2. The summed E-state index contributed by atoms with van der Waals surface area (Å²) in [7, 11) is 0. The van der Waals surface area contributed by atoms with Crippen molar-refractivity contribution in [3.63, 3.8) is 0 Å². The minimum absolute atomic E-state index is 0.0647. The fourth-order valence-corrected chi connectivity index (χ4v) is 2.44. The van der Waals surface area contributed by atoms with Gasteiger partial charge in [-0.3, -0.25) is 4.90 Å². The molecular weight excluding hydrogens is 309 g/mol. The summed E-state index contributed by atoms with van der Waals surface area (Å²) >= 11 is 5.77. The maximum atomic E-state index is 13.2. The molecule has 0 unspecified atom stereocenters. The highest BCUT2D eigenvalue weighted by Crippen LogP contribution is 2.18. The number of rotatable bonds is 5. The lowest BCUT2D eigenvalue weighted by molar-refractivity contribution is 0.0398. The van der Waals surface area contributed by atoms with Crippen molar-refractivity contribution in [3.8, 4) is 5.69 Å². The Kier molecular flexibility index (Phi) is 4.87. The van der Waals surface area contributed by atoms with Gasteiger partial charge in [-0.15, -0.1) is 5.10 Å². The average molecular weight is 326 g/mol. The molecule has 6 nitrogen and oxygen atoms in total.